The minimum absolute atomic E-state index is 0.0258. The first kappa shape index (κ1) is 28.4. The second-order valence-electron chi connectivity index (χ2n) is 9.76. The van der Waals surface area contributed by atoms with Gasteiger partial charge in [0.2, 0.25) is 5.75 Å². The zero-order valence-electron chi connectivity index (χ0n) is 23.6. The first-order valence-electron chi connectivity index (χ1n) is 14.1. The summed E-state index contributed by atoms with van der Waals surface area (Å²) in [5, 5.41) is 3.41. The molecule has 4 rings (SSSR count). The molecule has 1 fully saturated rings. The van der Waals surface area contributed by atoms with Gasteiger partial charge in [-0.1, -0.05) is 18.2 Å². The Balaban J connectivity index is 1.70. The van der Waals surface area contributed by atoms with Gasteiger partial charge in [0.1, 0.15) is 0 Å². The molecule has 39 heavy (non-hydrogen) atoms. The number of nitrogens with zero attached hydrogens (tertiary/aromatic N) is 2. The molecule has 0 bridgehead atoms. The molecule has 0 atom stereocenters. The van der Waals surface area contributed by atoms with Crippen LogP contribution in [-0.2, 0) is 6.54 Å². The summed E-state index contributed by atoms with van der Waals surface area (Å²) in [6, 6.07) is 16.7. The van der Waals surface area contributed by atoms with E-state index in [9.17, 15) is 4.79 Å². The van der Waals surface area contributed by atoms with E-state index in [0.29, 0.717) is 55.2 Å². The molecule has 7 heteroatoms. The molecule has 0 radical (unpaired) electrons. The second kappa shape index (κ2) is 14.0. The van der Waals surface area contributed by atoms with Crippen molar-refractivity contribution in [2.45, 2.75) is 65.1 Å². The Morgan fingerprint density at radius 3 is 2.10 bits per heavy atom. The van der Waals surface area contributed by atoms with Gasteiger partial charge in [-0.2, -0.15) is 0 Å². The van der Waals surface area contributed by atoms with Crippen LogP contribution in [-0.4, -0.2) is 54.7 Å². The molecule has 0 aliphatic heterocycles. The maximum absolute atomic E-state index is 14.3. The molecule has 0 spiro atoms. The number of ether oxygens (including phenoxy) is 3. The van der Waals surface area contributed by atoms with E-state index in [1.807, 2.05) is 44.9 Å². The Morgan fingerprint density at radius 1 is 0.872 bits per heavy atom. The zero-order chi connectivity index (χ0) is 27.6. The van der Waals surface area contributed by atoms with Crippen LogP contribution in [0.5, 0.6) is 17.2 Å². The standard InChI is InChI=1S/C32H41N3O4/c1-5-37-29-20-26(21-30(38-6-2)31(29)39-7-3)32(36)35(28-13-11-27(33-4)12-14-28)22-23-9-8-10-25(19-23)24-15-17-34-18-16-24/h8-10,15-21,27-28,33H,5-7,11-14,22H2,1-4H3. The normalized spacial score (nSPS) is 16.9. The van der Waals surface area contributed by atoms with Crippen LogP contribution >= 0.6 is 0 Å². The van der Waals surface area contributed by atoms with Crippen molar-refractivity contribution in [1.29, 1.82) is 0 Å². The minimum Gasteiger partial charge on any atom is -0.490 e. The Hall–Kier alpha value is -3.58. The molecule has 1 heterocycles. The number of benzene rings is 2. The Labute approximate surface area is 232 Å². The van der Waals surface area contributed by atoms with Crippen molar-refractivity contribution >= 4 is 5.91 Å². The average Bonchev–Trinajstić information content (AvgIpc) is 2.98. The fourth-order valence-corrected chi connectivity index (χ4v) is 5.31. The number of rotatable bonds is 12. The summed E-state index contributed by atoms with van der Waals surface area (Å²) in [7, 11) is 2.02. The lowest BCUT2D eigenvalue weighted by Crippen LogP contribution is -2.44. The largest absolute Gasteiger partial charge is 0.490 e. The van der Waals surface area contributed by atoms with Gasteiger partial charge in [0, 0.05) is 36.6 Å². The highest BCUT2D eigenvalue weighted by Crippen LogP contribution is 2.40. The fourth-order valence-electron chi connectivity index (χ4n) is 5.31. The molecule has 0 saturated heterocycles. The summed E-state index contributed by atoms with van der Waals surface area (Å²) in [5.74, 6) is 1.59. The van der Waals surface area contributed by atoms with Crippen molar-refractivity contribution in [3.05, 3.63) is 72.1 Å². The Kier molecular flexibility index (Phi) is 10.2. The van der Waals surface area contributed by atoms with E-state index >= 15 is 0 Å². The Bertz CT molecular complexity index is 1180. The molecule has 2 aromatic carbocycles. The van der Waals surface area contributed by atoms with E-state index in [-0.39, 0.29) is 11.9 Å². The third kappa shape index (κ3) is 7.09. The van der Waals surface area contributed by atoms with Gasteiger partial charge in [0.15, 0.2) is 11.5 Å². The number of nitrogens with one attached hydrogen (secondary N) is 1. The molecular weight excluding hydrogens is 490 g/mol. The maximum atomic E-state index is 14.3. The predicted molar refractivity (Wildman–Crippen MR) is 155 cm³/mol. The molecule has 1 aliphatic carbocycles. The zero-order valence-corrected chi connectivity index (χ0v) is 23.6. The van der Waals surface area contributed by atoms with Crippen LogP contribution in [0.2, 0.25) is 0 Å². The van der Waals surface area contributed by atoms with Crippen molar-refractivity contribution in [2.24, 2.45) is 0 Å². The third-order valence-corrected chi connectivity index (χ3v) is 7.26. The number of aromatic nitrogens is 1. The quantitative estimate of drug-likeness (QED) is 0.304. The van der Waals surface area contributed by atoms with Crippen molar-refractivity contribution in [3.8, 4) is 28.4 Å². The van der Waals surface area contributed by atoms with Crippen molar-refractivity contribution in [1.82, 2.24) is 15.2 Å². The molecule has 1 aliphatic rings. The number of hydrogen-bond acceptors (Lipinski definition) is 6. The highest BCUT2D eigenvalue weighted by molar-refractivity contribution is 5.96. The average molecular weight is 532 g/mol. The van der Waals surface area contributed by atoms with E-state index in [1.165, 1.54) is 0 Å². The van der Waals surface area contributed by atoms with Crippen LogP contribution < -0.4 is 19.5 Å². The molecule has 1 aromatic heterocycles. The monoisotopic (exact) mass is 531 g/mol. The first-order valence-corrected chi connectivity index (χ1v) is 14.1. The summed E-state index contributed by atoms with van der Waals surface area (Å²) >= 11 is 0. The fraction of sp³-hybridized carbons (Fsp3) is 0.438. The van der Waals surface area contributed by atoms with E-state index in [2.05, 4.69) is 34.6 Å². The first-order chi connectivity index (χ1) is 19.1. The smallest absolute Gasteiger partial charge is 0.254 e. The predicted octanol–water partition coefficient (Wildman–Crippen LogP) is 6.12. The molecule has 0 unspecified atom stereocenters. The van der Waals surface area contributed by atoms with Crippen LogP contribution in [0.1, 0.15) is 62.4 Å². The van der Waals surface area contributed by atoms with Crippen LogP contribution in [0.15, 0.2) is 60.9 Å². The molecule has 1 N–H and O–H groups in total. The lowest BCUT2D eigenvalue weighted by atomic mass is 9.89. The summed E-state index contributed by atoms with van der Waals surface area (Å²) in [6.45, 7) is 7.69. The van der Waals surface area contributed by atoms with Crippen LogP contribution in [0.25, 0.3) is 11.1 Å². The van der Waals surface area contributed by atoms with E-state index in [0.717, 1.165) is 42.4 Å². The lowest BCUT2D eigenvalue weighted by Gasteiger charge is -2.37. The molecular formula is C32H41N3O4. The van der Waals surface area contributed by atoms with Gasteiger partial charge < -0.3 is 24.4 Å². The van der Waals surface area contributed by atoms with Gasteiger partial charge in [-0.3, -0.25) is 9.78 Å². The summed E-state index contributed by atoms with van der Waals surface area (Å²) in [4.78, 5) is 20.5. The third-order valence-electron chi connectivity index (χ3n) is 7.26. The highest BCUT2D eigenvalue weighted by Gasteiger charge is 2.30. The van der Waals surface area contributed by atoms with Crippen LogP contribution in [0.4, 0.5) is 0 Å². The molecule has 7 nitrogen and oxygen atoms in total. The van der Waals surface area contributed by atoms with Crippen molar-refractivity contribution < 1.29 is 19.0 Å². The van der Waals surface area contributed by atoms with Gasteiger partial charge in [-0.15, -0.1) is 0 Å². The van der Waals surface area contributed by atoms with E-state index < -0.39 is 0 Å². The van der Waals surface area contributed by atoms with Gasteiger partial charge >= 0.3 is 0 Å². The van der Waals surface area contributed by atoms with Gasteiger partial charge in [0.25, 0.3) is 5.91 Å². The topological polar surface area (TPSA) is 72.9 Å². The molecule has 3 aromatic rings. The number of carbonyl (C=O) groups excluding carboxylic acids is 1. The number of hydrogen-bond donors (Lipinski definition) is 1. The number of amides is 1. The maximum Gasteiger partial charge on any atom is 0.254 e. The molecule has 1 amide bonds. The van der Waals surface area contributed by atoms with Gasteiger partial charge in [-0.05, 0) is 101 Å². The van der Waals surface area contributed by atoms with Crippen LogP contribution in [0, 0.1) is 0 Å². The summed E-state index contributed by atoms with van der Waals surface area (Å²) in [6.07, 6.45) is 7.59. The SMILES string of the molecule is CCOc1cc(C(=O)N(Cc2cccc(-c3ccncc3)c2)C2CCC(NC)CC2)cc(OCC)c1OCC. The van der Waals surface area contributed by atoms with Crippen molar-refractivity contribution in [3.63, 3.8) is 0 Å². The van der Waals surface area contributed by atoms with Gasteiger partial charge in [0.05, 0.1) is 19.8 Å². The Morgan fingerprint density at radius 2 is 1.51 bits per heavy atom. The minimum atomic E-state index is -0.0258. The molecule has 208 valence electrons. The molecule has 1 saturated carbocycles. The van der Waals surface area contributed by atoms with Gasteiger partial charge in [-0.25, -0.2) is 0 Å². The number of carbonyl (C=O) groups is 1. The number of pyridine rings is 1. The summed E-state index contributed by atoms with van der Waals surface area (Å²) in [5.41, 5.74) is 3.86. The van der Waals surface area contributed by atoms with E-state index in [4.69, 9.17) is 14.2 Å². The highest BCUT2D eigenvalue weighted by atomic mass is 16.5. The second-order valence-corrected chi connectivity index (χ2v) is 9.76. The lowest BCUT2D eigenvalue weighted by molar-refractivity contribution is 0.0600. The van der Waals surface area contributed by atoms with Crippen molar-refractivity contribution in [2.75, 3.05) is 26.9 Å². The van der Waals surface area contributed by atoms with Crippen LogP contribution in [0.3, 0.4) is 0 Å². The summed E-state index contributed by atoms with van der Waals surface area (Å²) < 4.78 is 17.7. The van der Waals surface area contributed by atoms with E-state index in [1.54, 1.807) is 24.5 Å².